The van der Waals surface area contributed by atoms with E-state index in [9.17, 15) is 4.79 Å². The van der Waals surface area contributed by atoms with E-state index in [1.165, 1.54) is 6.20 Å². The van der Waals surface area contributed by atoms with Gasteiger partial charge in [0.25, 0.3) is 5.91 Å². The number of hydrogen-bond donors (Lipinski definition) is 2. The van der Waals surface area contributed by atoms with Crippen molar-refractivity contribution in [3.8, 4) is 0 Å². The maximum Gasteiger partial charge on any atom is 0.253 e. The summed E-state index contributed by atoms with van der Waals surface area (Å²) in [6.45, 7) is 2.04. The highest BCUT2D eigenvalue weighted by molar-refractivity contribution is 5.94. The molecule has 0 aliphatic rings. The van der Waals surface area contributed by atoms with Crippen LogP contribution in [0.5, 0.6) is 0 Å². The first kappa shape index (κ1) is 18.7. The van der Waals surface area contributed by atoms with Crippen LogP contribution in [-0.2, 0) is 12.8 Å². The van der Waals surface area contributed by atoms with E-state index in [4.69, 9.17) is 4.52 Å². The number of likely N-dealkylation sites (N-methyl/N-ethyl adjacent to an activating group) is 1. The number of pyridine rings is 1. The number of rotatable bonds is 8. The van der Waals surface area contributed by atoms with Gasteiger partial charge in [0.15, 0.2) is 5.82 Å². The molecular formula is C20H23N5O2. The van der Waals surface area contributed by atoms with Crippen molar-refractivity contribution in [3.05, 3.63) is 77.7 Å². The molecule has 0 saturated carbocycles. The highest BCUT2D eigenvalue weighted by atomic mass is 16.5. The van der Waals surface area contributed by atoms with Crippen LogP contribution in [0.3, 0.4) is 0 Å². The molecule has 0 fully saturated rings. The number of aromatic nitrogens is 3. The van der Waals surface area contributed by atoms with Crippen LogP contribution in [0.15, 0.2) is 59.4 Å². The first-order valence-corrected chi connectivity index (χ1v) is 8.90. The molecule has 2 unspecified atom stereocenters. The maximum atomic E-state index is 12.6. The van der Waals surface area contributed by atoms with Crippen molar-refractivity contribution in [2.45, 2.75) is 31.8 Å². The topological polar surface area (TPSA) is 92.9 Å². The first-order chi connectivity index (χ1) is 13.2. The molecule has 0 bridgehead atoms. The van der Waals surface area contributed by atoms with E-state index >= 15 is 0 Å². The zero-order valence-electron chi connectivity index (χ0n) is 15.4. The zero-order chi connectivity index (χ0) is 19.1. The van der Waals surface area contributed by atoms with E-state index in [1.54, 1.807) is 18.3 Å². The van der Waals surface area contributed by atoms with Crippen LogP contribution in [0.4, 0.5) is 0 Å². The summed E-state index contributed by atoms with van der Waals surface area (Å²) in [5.41, 5.74) is 1.55. The van der Waals surface area contributed by atoms with Crippen LogP contribution >= 0.6 is 0 Å². The summed E-state index contributed by atoms with van der Waals surface area (Å²) in [5.74, 6) is 0.780. The third kappa shape index (κ3) is 5.21. The second kappa shape index (κ2) is 9.05. The molecule has 1 amide bonds. The van der Waals surface area contributed by atoms with Gasteiger partial charge < -0.3 is 15.2 Å². The van der Waals surface area contributed by atoms with E-state index in [2.05, 4.69) is 25.8 Å². The normalized spacial score (nSPS) is 13.1. The molecule has 0 radical (unpaired) electrons. The van der Waals surface area contributed by atoms with Gasteiger partial charge in [-0.15, -0.1) is 0 Å². The lowest BCUT2D eigenvalue weighted by Gasteiger charge is -2.15. The average molecular weight is 365 g/mol. The van der Waals surface area contributed by atoms with Gasteiger partial charge in [-0.2, -0.15) is 4.98 Å². The quantitative estimate of drug-likeness (QED) is 0.636. The van der Waals surface area contributed by atoms with E-state index in [1.807, 2.05) is 44.3 Å². The van der Waals surface area contributed by atoms with Gasteiger partial charge in [-0.3, -0.25) is 9.78 Å². The van der Waals surface area contributed by atoms with Crippen LogP contribution in [0.2, 0.25) is 0 Å². The molecule has 0 aliphatic heterocycles. The Balaban J connectivity index is 1.80. The van der Waals surface area contributed by atoms with Gasteiger partial charge in [0, 0.05) is 31.3 Å². The van der Waals surface area contributed by atoms with Gasteiger partial charge in [0.1, 0.15) is 6.04 Å². The van der Waals surface area contributed by atoms with Crippen molar-refractivity contribution >= 4 is 5.91 Å². The van der Waals surface area contributed by atoms with E-state index in [0.717, 1.165) is 5.56 Å². The molecule has 2 heterocycles. The second-order valence-corrected chi connectivity index (χ2v) is 6.40. The maximum absolute atomic E-state index is 12.6. The van der Waals surface area contributed by atoms with Crippen LogP contribution in [-0.4, -0.2) is 34.1 Å². The van der Waals surface area contributed by atoms with E-state index in [0.29, 0.717) is 30.1 Å². The minimum atomic E-state index is -0.425. The smallest absolute Gasteiger partial charge is 0.253 e. The average Bonchev–Trinajstić information content (AvgIpc) is 3.17. The number of benzene rings is 1. The third-order valence-corrected chi connectivity index (χ3v) is 4.28. The minimum absolute atomic E-state index is 0.229. The lowest BCUT2D eigenvalue weighted by Crippen LogP contribution is -2.30. The van der Waals surface area contributed by atoms with Crippen molar-refractivity contribution < 1.29 is 9.32 Å². The van der Waals surface area contributed by atoms with Gasteiger partial charge in [-0.25, -0.2) is 0 Å². The Hall–Kier alpha value is -3.06. The van der Waals surface area contributed by atoms with Crippen LogP contribution in [0.1, 0.15) is 40.6 Å². The fourth-order valence-corrected chi connectivity index (χ4v) is 2.66. The Morgan fingerprint density at radius 2 is 1.96 bits per heavy atom. The van der Waals surface area contributed by atoms with Gasteiger partial charge >= 0.3 is 0 Å². The monoisotopic (exact) mass is 365 g/mol. The zero-order valence-corrected chi connectivity index (χ0v) is 15.4. The van der Waals surface area contributed by atoms with E-state index in [-0.39, 0.29) is 11.9 Å². The summed E-state index contributed by atoms with van der Waals surface area (Å²) >= 11 is 0. The Labute approximate surface area is 158 Å². The van der Waals surface area contributed by atoms with Crippen LogP contribution in [0, 0.1) is 0 Å². The predicted octanol–water partition coefficient (Wildman–Crippen LogP) is 2.33. The fourth-order valence-electron chi connectivity index (χ4n) is 2.66. The van der Waals surface area contributed by atoms with Crippen molar-refractivity contribution in [2.75, 3.05) is 7.05 Å². The molecule has 3 aromatic rings. The number of hydrogen-bond acceptors (Lipinski definition) is 6. The predicted molar refractivity (Wildman–Crippen MR) is 101 cm³/mol. The minimum Gasteiger partial charge on any atom is -0.340 e. The molecule has 2 aromatic heterocycles. The SMILES string of the molecule is CNC(C)Cc1noc(C(Cc2ccccc2)NC(=O)c2cccnc2)n1. The molecule has 3 rings (SSSR count). The van der Waals surface area contributed by atoms with Gasteiger partial charge in [0.05, 0.1) is 5.56 Å². The number of nitrogens with one attached hydrogen (secondary N) is 2. The summed E-state index contributed by atoms with van der Waals surface area (Å²) in [7, 11) is 1.89. The molecule has 0 spiro atoms. The molecule has 7 nitrogen and oxygen atoms in total. The van der Waals surface area contributed by atoms with Gasteiger partial charge in [0.2, 0.25) is 5.89 Å². The number of carbonyl (C=O) groups is 1. The standard InChI is InChI=1S/C20H23N5O2/c1-14(21-2)11-18-24-20(27-25-18)17(12-15-7-4-3-5-8-15)23-19(26)16-9-6-10-22-13-16/h3-10,13-14,17,21H,11-12H2,1-2H3,(H,23,26). The summed E-state index contributed by atoms with van der Waals surface area (Å²) in [4.78, 5) is 21.1. The summed E-state index contributed by atoms with van der Waals surface area (Å²) in [6.07, 6.45) is 4.36. The van der Waals surface area contributed by atoms with Crippen molar-refractivity contribution in [2.24, 2.45) is 0 Å². The Kier molecular flexibility index (Phi) is 6.27. The summed E-state index contributed by atoms with van der Waals surface area (Å²) < 4.78 is 5.46. The highest BCUT2D eigenvalue weighted by Crippen LogP contribution is 2.18. The summed E-state index contributed by atoms with van der Waals surface area (Å²) in [6, 6.07) is 13.1. The van der Waals surface area contributed by atoms with Gasteiger partial charge in [-0.1, -0.05) is 35.5 Å². The van der Waals surface area contributed by atoms with E-state index < -0.39 is 6.04 Å². The molecule has 2 atom stereocenters. The second-order valence-electron chi connectivity index (χ2n) is 6.40. The van der Waals surface area contributed by atoms with Crippen molar-refractivity contribution in [3.63, 3.8) is 0 Å². The molecule has 0 aliphatic carbocycles. The molecule has 27 heavy (non-hydrogen) atoms. The Morgan fingerprint density at radius 1 is 1.15 bits per heavy atom. The number of carbonyl (C=O) groups excluding carboxylic acids is 1. The van der Waals surface area contributed by atoms with Crippen molar-refractivity contribution in [1.29, 1.82) is 0 Å². The fraction of sp³-hybridized carbons (Fsp3) is 0.300. The van der Waals surface area contributed by atoms with Crippen LogP contribution in [0.25, 0.3) is 0 Å². The number of nitrogens with zero attached hydrogens (tertiary/aromatic N) is 3. The summed E-state index contributed by atoms with van der Waals surface area (Å²) in [5, 5.41) is 10.2. The number of amides is 1. The lowest BCUT2D eigenvalue weighted by atomic mass is 10.1. The molecule has 1 aromatic carbocycles. The lowest BCUT2D eigenvalue weighted by molar-refractivity contribution is 0.0928. The molecule has 140 valence electrons. The molecule has 2 N–H and O–H groups in total. The molecule has 7 heteroatoms. The third-order valence-electron chi connectivity index (χ3n) is 4.28. The van der Waals surface area contributed by atoms with Gasteiger partial charge in [-0.05, 0) is 31.7 Å². The molecule has 0 saturated heterocycles. The largest absolute Gasteiger partial charge is 0.340 e. The Bertz CT molecular complexity index is 851. The first-order valence-electron chi connectivity index (χ1n) is 8.90. The van der Waals surface area contributed by atoms with Crippen LogP contribution < -0.4 is 10.6 Å². The molecular weight excluding hydrogens is 342 g/mol. The van der Waals surface area contributed by atoms with Crippen molar-refractivity contribution in [1.82, 2.24) is 25.8 Å². The highest BCUT2D eigenvalue weighted by Gasteiger charge is 2.23. The Morgan fingerprint density at radius 3 is 2.67 bits per heavy atom.